The maximum absolute atomic E-state index is 9.82. The number of nitrogens with zero attached hydrogens (tertiary/aromatic N) is 1. The molecule has 4 nitrogen and oxygen atoms in total. The van der Waals surface area contributed by atoms with Crippen molar-refractivity contribution in [2.24, 2.45) is 0 Å². The molecule has 0 atom stereocenters. The van der Waals surface area contributed by atoms with Gasteiger partial charge in [0.05, 0.1) is 17.1 Å². The van der Waals surface area contributed by atoms with Crippen LogP contribution in [-0.4, -0.2) is 22.5 Å². The summed E-state index contributed by atoms with van der Waals surface area (Å²) in [6.07, 6.45) is 1.83. The minimum absolute atomic E-state index is 0.211. The second-order valence-corrected chi connectivity index (χ2v) is 7.00. The SMILES string of the molecule is CCOC(C)=O.Cc1ccc2[nH]c(C)c(-c3ccnc4c(Cl)cccc34)c2c1. The van der Waals surface area contributed by atoms with Gasteiger partial charge in [0.15, 0.2) is 0 Å². The molecule has 0 saturated heterocycles. The van der Waals surface area contributed by atoms with Crippen LogP contribution in [0.5, 0.6) is 0 Å². The van der Waals surface area contributed by atoms with Crippen molar-refractivity contribution in [3.8, 4) is 11.1 Å². The molecule has 2 aromatic heterocycles. The van der Waals surface area contributed by atoms with Crippen molar-refractivity contribution in [3.05, 3.63) is 64.9 Å². The van der Waals surface area contributed by atoms with E-state index in [2.05, 4.69) is 58.9 Å². The Bertz CT molecular complexity index is 1150. The molecule has 144 valence electrons. The summed E-state index contributed by atoms with van der Waals surface area (Å²) >= 11 is 6.30. The maximum atomic E-state index is 9.82. The Morgan fingerprint density at radius 1 is 1.14 bits per heavy atom. The largest absolute Gasteiger partial charge is 0.466 e. The van der Waals surface area contributed by atoms with Crippen LogP contribution in [0.2, 0.25) is 5.02 Å². The number of aromatic amines is 1. The Balaban J connectivity index is 0.000000330. The van der Waals surface area contributed by atoms with Gasteiger partial charge < -0.3 is 9.72 Å². The molecule has 2 aromatic carbocycles. The number of carbonyl (C=O) groups is 1. The van der Waals surface area contributed by atoms with Gasteiger partial charge in [-0.15, -0.1) is 0 Å². The van der Waals surface area contributed by atoms with Crippen LogP contribution in [0.3, 0.4) is 0 Å². The molecule has 1 N–H and O–H groups in total. The highest BCUT2D eigenvalue weighted by Gasteiger charge is 2.14. The fraction of sp³-hybridized carbons (Fsp3) is 0.217. The topological polar surface area (TPSA) is 55.0 Å². The average Bonchev–Trinajstić information content (AvgIpc) is 2.97. The minimum Gasteiger partial charge on any atom is -0.466 e. The number of hydrogen-bond donors (Lipinski definition) is 1. The van der Waals surface area contributed by atoms with Crippen LogP contribution in [0.25, 0.3) is 32.9 Å². The molecule has 0 fully saturated rings. The number of para-hydroxylation sites is 1. The number of ether oxygens (including phenoxy) is 1. The molecule has 0 amide bonds. The summed E-state index contributed by atoms with van der Waals surface area (Å²) in [5.74, 6) is -0.211. The second-order valence-electron chi connectivity index (χ2n) is 6.59. The molecule has 0 radical (unpaired) electrons. The fourth-order valence-electron chi connectivity index (χ4n) is 3.35. The van der Waals surface area contributed by atoms with E-state index < -0.39 is 0 Å². The van der Waals surface area contributed by atoms with Gasteiger partial charge in [-0.1, -0.05) is 35.4 Å². The third-order valence-electron chi connectivity index (χ3n) is 4.48. The molecule has 0 aliphatic rings. The Hall–Kier alpha value is -2.85. The van der Waals surface area contributed by atoms with Crippen LogP contribution >= 0.6 is 11.6 Å². The van der Waals surface area contributed by atoms with Crippen LogP contribution in [0.1, 0.15) is 25.1 Å². The van der Waals surface area contributed by atoms with Gasteiger partial charge in [0.25, 0.3) is 0 Å². The van der Waals surface area contributed by atoms with Crippen molar-refractivity contribution in [3.63, 3.8) is 0 Å². The van der Waals surface area contributed by atoms with Gasteiger partial charge in [0.2, 0.25) is 0 Å². The zero-order chi connectivity index (χ0) is 20.3. The van der Waals surface area contributed by atoms with E-state index in [-0.39, 0.29) is 5.97 Å². The number of pyridine rings is 1. The van der Waals surface area contributed by atoms with Crippen molar-refractivity contribution in [2.45, 2.75) is 27.7 Å². The lowest BCUT2D eigenvalue weighted by Gasteiger charge is -2.08. The quantitative estimate of drug-likeness (QED) is 0.410. The summed E-state index contributed by atoms with van der Waals surface area (Å²) in [7, 11) is 0. The van der Waals surface area contributed by atoms with E-state index in [1.807, 2.05) is 18.3 Å². The molecule has 0 aliphatic heterocycles. The zero-order valence-electron chi connectivity index (χ0n) is 16.5. The van der Waals surface area contributed by atoms with E-state index >= 15 is 0 Å². The molecule has 28 heavy (non-hydrogen) atoms. The van der Waals surface area contributed by atoms with Gasteiger partial charge in [-0.3, -0.25) is 9.78 Å². The number of halogens is 1. The highest BCUT2D eigenvalue weighted by Crippen LogP contribution is 2.37. The molecule has 2 heterocycles. The van der Waals surface area contributed by atoms with Crippen molar-refractivity contribution in [2.75, 3.05) is 6.61 Å². The van der Waals surface area contributed by atoms with E-state index in [0.29, 0.717) is 11.6 Å². The summed E-state index contributed by atoms with van der Waals surface area (Å²) in [4.78, 5) is 17.7. The minimum atomic E-state index is -0.211. The summed E-state index contributed by atoms with van der Waals surface area (Å²) in [6, 6.07) is 14.5. The lowest BCUT2D eigenvalue weighted by atomic mass is 9.98. The molecule has 0 aliphatic carbocycles. The number of benzene rings is 2. The Labute approximate surface area is 169 Å². The normalized spacial score (nSPS) is 10.6. The van der Waals surface area contributed by atoms with Gasteiger partial charge in [-0.25, -0.2) is 0 Å². The molecular weight excluding hydrogens is 372 g/mol. The van der Waals surface area contributed by atoms with Crippen LogP contribution in [-0.2, 0) is 9.53 Å². The molecule has 4 rings (SSSR count). The summed E-state index contributed by atoms with van der Waals surface area (Å²) in [5, 5.41) is 3.01. The van der Waals surface area contributed by atoms with Gasteiger partial charge in [-0.05, 0) is 50.6 Å². The predicted octanol–water partition coefficient (Wildman–Crippen LogP) is 6.22. The molecule has 0 spiro atoms. The smallest absolute Gasteiger partial charge is 0.302 e. The first-order chi connectivity index (χ1) is 13.4. The monoisotopic (exact) mass is 394 g/mol. The number of aryl methyl sites for hydroxylation is 2. The number of H-pyrrole nitrogens is 1. The van der Waals surface area contributed by atoms with Gasteiger partial charge in [-0.2, -0.15) is 0 Å². The van der Waals surface area contributed by atoms with Crippen LogP contribution in [0.4, 0.5) is 0 Å². The molecule has 0 unspecified atom stereocenters. The van der Waals surface area contributed by atoms with Crippen LogP contribution < -0.4 is 0 Å². The number of fused-ring (bicyclic) bond motifs is 2. The molecule has 0 bridgehead atoms. The van der Waals surface area contributed by atoms with E-state index in [1.165, 1.54) is 29.0 Å². The summed E-state index contributed by atoms with van der Waals surface area (Å²) < 4.78 is 4.40. The van der Waals surface area contributed by atoms with Crippen LogP contribution in [0, 0.1) is 13.8 Å². The number of nitrogens with one attached hydrogen (secondary N) is 1. The lowest BCUT2D eigenvalue weighted by Crippen LogP contribution is -1.95. The van der Waals surface area contributed by atoms with Gasteiger partial charge in [0, 0.05) is 40.7 Å². The van der Waals surface area contributed by atoms with Gasteiger partial charge >= 0.3 is 5.97 Å². The number of esters is 1. The molecule has 5 heteroatoms. The van der Waals surface area contributed by atoms with E-state index in [9.17, 15) is 4.79 Å². The van der Waals surface area contributed by atoms with E-state index in [0.717, 1.165) is 22.1 Å². The van der Waals surface area contributed by atoms with Crippen molar-refractivity contribution in [1.82, 2.24) is 9.97 Å². The van der Waals surface area contributed by atoms with Crippen molar-refractivity contribution < 1.29 is 9.53 Å². The molecule has 0 saturated carbocycles. The Kier molecular flexibility index (Phi) is 6.00. The number of aromatic nitrogens is 2. The standard InChI is InChI=1S/C19H15ClN2.C4H8O2/c1-11-6-7-17-15(10-11)18(12(2)22-17)13-8-9-21-19-14(13)4-3-5-16(19)20;1-3-6-4(2)5/h3-10,22H,1-2H3;3H2,1-2H3. The summed E-state index contributed by atoms with van der Waals surface area (Å²) in [5.41, 5.74) is 6.82. The second kappa shape index (κ2) is 8.44. The molecule has 4 aromatic rings. The first kappa shape index (κ1) is 19.9. The molecular formula is C23H23ClN2O2. The Morgan fingerprint density at radius 3 is 2.61 bits per heavy atom. The maximum Gasteiger partial charge on any atom is 0.302 e. The Morgan fingerprint density at radius 2 is 1.93 bits per heavy atom. The highest BCUT2D eigenvalue weighted by molar-refractivity contribution is 6.35. The predicted molar refractivity (Wildman–Crippen MR) is 116 cm³/mol. The van der Waals surface area contributed by atoms with Crippen molar-refractivity contribution in [1.29, 1.82) is 0 Å². The number of hydrogen-bond acceptors (Lipinski definition) is 3. The third kappa shape index (κ3) is 4.02. The fourth-order valence-corrected chi connectivity index (χ4v) is 3.57. The third-order valence-corrected chi connectivity index (χ3v) is 4.79. The van der Waals surface area contributed by atoms with Crippen molar-refractivity contribution >= 4 is 39.4 Å². The number of rotatable bonds is 2. The number of carbonyl (C=O) groups excluding carboxylic acids is 1. The first-order valence-corrected chi connectivity index (χ1v) is 9.56. The lowest BCUT2D eigenvalue weighted by molar-refractivity contribution is -0.140. The van der Waals surface area contributed by atoms with E-state index in [1.54, 1.807) is 6.92 Å². The van der Waals surface area contributed by atoms with Crippen LogP contribution in [0.15, 0.2) is 48.7 Å². The van der Waals surface area contributed by atoms with Gasteiger partial charge in [0.1, 0.15) is 0 Å². The average molecular weight is 395 g/mol. The summed E-state index contributed by atoms with van der Waals surface area (Å²) in [6.45, 7) is 7.88. The first-order valence-electron chi connectivity index (χ1n) is 9.18. The zero-order valence-corrected chi connectivity index (χ0v) is 17.2. The highest BCUT2D eigenvalue weighted by atomic mass is 35.5. The van der Waals surface area contributed by atoms with E-state index in [4.69, 9.17) is 11.6 Å².